The van der Waals surface area contributed by atoms with Gasteiger partial charge in [0.25, 0.3) is 0 Å². The molecule has 0 aliphatic carbocycles. The highest BCUT2D eigenvalue weighted by Gasteiger charge is 2.14. The number of rotatable bonds is 2. The first kappa shape index (κ1) is 10.4. The van der Waals surface area contributed by atoms with Crippen molar-refractivity contribution in [2.75, 3.05) is 0 Å². The molecule has 7 heteroatoms. The van der Waals surface area contributed by atoms with Crippen LogP contribution >= 0.6 is 7.59 Å². The maximum absolute atomic E-state index is 10.6. The first-order valence-electron chi connectivity index (χ1n) is 2.97. The zero-order chi connectivity index (χ0) is 9.07. The second-order valence-electron chi connectivity index (χ2n) is 2.28. The summed E-state index contributed by atoms with van der Waals surface area (Å²) in [4.78, 5) is 10.6. The zero-order valence-electron chi connectivity index (χ0n) is 6.40. The van der Waals surface area contributed by atoms with Gasteiger partial charge in [0.05, 0.1) is 6.10 Å². The standard InChI is InChI=1S/C4H12N3O3P/c1-3(2)10-4(8)7-11(5,6)9/h3H,1-2H3,(H5,5,6,7,8,9). The molecule has 11 heavy (non-hydrogen) atoms. The molecule has 6 nitrogen and oxygen atoms in total. The summed E-state index contributed by atoms with van der Waals surface area (Å²) in [7, 11) is -3.50. The summed E-state index contributed by atoms with van der Waals surface area (Å²) in [6.07, 6.45) is -1.16. The fraction of sp³-hybridized carbons (Fsp3) is 0.750. The van der Waals surface area contributed by atoms with Gasteiger partial charge in [-0.1, -0.05) is 0 Å². The van der Waals surface area contributed by atoms with Gasteiger partial charge in [-0.15, -0.1) is 0 Å². The fourth-order valence-corrected chi connectivity index (χ4v) is 0.721. The quantitative estimate of drug-likeness (QED) is 0.525. The first-order chi connectivity index (χ1) is 4.81. The minimum absolute atomic E-state index is 0.290. The zero-order valence-corrected chi connectivity index (χ0v) is 7.30. The third-order valence-electron chi connectivity index (χ3n) is 0.609. The van der Waals surface area contributed by atoms with Gasteiger partial charge >= 0.3 is 13.7 Å². The van der Waals surface area contributed by atoms with Gasteiger partial charge < -0.3 is 4.74 Å². The van der Waals surface area contributed by atoms with Crippen molar-refractivity contribution in [2.45, 2.75) is 20.0 Å². The highest BCUT2D eigenvalue weighted by Crippen LogP contribution is 2.17. The Labute approximate surface area is 64.8 Å². The minimum atomic E-state index is -3.50. The second-order valence-corrected chi connectivity index (χ2v) is 3.92. The molecule has 0 unspecified atom stereocenters. The highest BCUT2D eigenvalue weighted by molar-refractivity contribution is 7.57. The molecule has 0 aliphatic heterocycles. The molecule has 5 N–H and O–H groups in total. The van der Waals surface area contributed by atoms with E-state index < -0.39 is 13.7 Å². The van der Waals surface area contributed by atoms with E-state index in [9.17, 15) is 9.36 Å². The SMILES string of the molecule is CC(C)OC(=O)NP(N)(N)=O. The Kier molecular flexibility index (Phi) is 3.51. The Hall–Kier alpha value is -0.580. The van der Waals surface area contributed by atoms with Crippen molar-refractivity contribution in [3.8, 4) is 0 Å². The van der Waals surface area contributed by atoms with Gasteiger partial charge in [-0.3, -0.25) is 15.6 Å². The van der Waals surface area contributed by atoms with Crippen molar-refractivity contribution >= 4 is 13.7 Å². The summed E-state index contributed by atoms with van der Waals surface area (Å²) < 4.78 is 15.1. The van der Waals surface area contributed by atoms with E-state index in [0.717, 1.165) is 0 Å². The number of nitrogens with two attached hydrogens (primary N) is 2. The molecular formula is C4H12N3O3P. The van der Waals surface area contributed by atoms with Crippen molar-refractivity contribution in [1.82, 2.24) is 5.09 Å². The van der Waals surface area contributed by atoms with Crippen LogP contribution in [0, 0.1) is 0 Å². The molecule has 0 atom stereocenters. The van der Waals surface area contributed by atoms with Gasteiger partial charge in [0.1, 0.15) is 0 Å². The van der Waals surface area contributed by atoms with Crippen LogP contribution in [0.3, 0.4) is 0 Å². The Balaban J connectivity index is 3.80. The number of carbonyl (C=O) groups is 1. The maximum Gasteiger partial charge on any atom is 0.414 e. The van der Waals surface area contributed by atoms with Crippen molar-refractivity contribution < 1.29 is 14.1 Å². The van der Waals surface area contributed by atoms with Crippen molar-refractivity contribution in [2.24, 2.45) is 11.0 Å². The summed E-state index contributed by atoms with van der Waals surface area (Å²) in [6.45, 7) is 3.30. The van der Waals surface area contributed by atoms with E-state index in [0.29, 0.717) is 0 Å². The van der Waals surface area contributed by atoms with Crippen LogP contribution in [0.25, 0.3) is 0 Å². The minimum Gasteiger partial charge on any atom is -0.447 e. The Morgan fingerprint density at radius 3 is 2.27 bits per heavy atom. The molecule has 0 aromatic rings. The largest absolute Gasteiger partial charge is 0.447 e. The Bertz CT molecular complexity index is 187. The molecule has 0 saturated carbocycles. The van der Waals surface area contributed by atoms with Crippen LogP contribution in [0.2, 0.25) is 0 Å². The van der Waals surface area contributed by atoms with E-state index in [4.69, 9.17) is 11.0 Å². The third-order valence-corrected chi connectivity index (χ3v) is 1.14. The number of ether oxygens (including phenoxy) is 1. The van der Waals surface area contributed by atoms with Crippen molar-refractivity contribution in [3.63, 3.8) is 0 Å². The monoisotopic (exact) mass is 181 g/mol. The third kappa shape index (κ3) is 7.32. The van der Waals surface area contributed by atoms with Crippen LogP contribution in [0.1, 0.15) is 13.8 Å². The van der Waals surface area contributed by atoms with Crippen LogP contribution in [0.15, 0.2) is 0 Å². The van der Waals surface area contributed by atoms with Crippen LogP contribution in [-0.2, 0) is 9.30 Å². The lowest BCUT2D eigenvalue weighted by Gasteiger charge is -2.11. The predicted octanol–water partition coefficient (Wildman–Crippen LogP) is 0.147. The number of carbonyl (C=O) groups excluding carboxylic acids is 1. The van der Waals surface area contributed by atoms with Gasteiger partial charge in [0.15, 0.2) is 0 Å². The highest BCUT2D eigenvalue weighted by atomic mass is 31.2. The molecule has 0 aliphatic rings. The van der Waals surface area contributed by atoms with Crippen LogP contribution in [0.5, 0.6) is 0 Å². The van der Waals surface area contributed by atoms with Crippen molar-refractivity contribution in [1.29, 1.82) is 0 Å². The number of hydrogen-bond donors (Lipinski definition) is 3. The summed E-state index contributed by atoms with van der Waals surface area (Å²) in [6, 6.07) is 0. The molecule has 0 aromatic carbocycles. The predicted molar refractivity (Wildman–Crippen MR) is 40.7 cm³/mol. The number of amides is 1. The van der Waals surface area contributed by atoms with E-state index in [-0.39, 0.29) is 6.10 Å². The Morgan fingerprint density at radius 2 is 2.00 bits per heavy atom. The van der Waals surface area contributed by atoms with Gasteiger partial charge in [0.2, 0.25) is 0 Å². The molecule has 66 valence electrons. The molecule has 0 rings (SSSR count). The maximum atomic E-state index is 10.6. The molecule has 0 fully saturated rings. The average Bonchev–Trinajstić information content (AvgIpc) is 1.53. The fourth-order valence-electron chi connectivity index (χ4n) is 0.383. The average molecular weight is 181 g/mol. The molecule has 0 spiro atoms. The molecule has 0 saturated heterocycles. The van der Waals surface area contributed by atoms with E-state index >= 15 is 0 Å². The first-order valence-corrected chi connectivity index (χ1v) is 4.82. The van der Waals surface area contributed by atoms with E-state index in [2.05, 4.69) is 4.74 Å². The normalized spacial score (nSPS) is 11.4. The van der Waals surface area contributed by atoms with Crippen LogP contribution in [0.4, 0.5) is 4.79 Å². The lowest BCUT2D eigenvalue weighted by Crippen LogP contribution is -2.30. The molecular weight excluding hydrogens is 169 g/mol. The topological polar surface area (TPSA) is 107 Å². The summed E-state index contributed by atoms with van der Waals surface area (Å²) in [5, 5.41) is 1.80. The molecule has 0 aromatic heterocycles. The van der Waals surface area contributed by atoms with E-state index in [1.54, 1.807) is 18.9 Å². The summed E-state index contributed by atoms with van der Waals surface area (Å²) in [5.74, 6) is 0. The summed E-state index contributed by atoms with van der Waals surface area (Å²) >= 11 is 0. The molecule has 1 amide bonds. The van der Waals surface area contributed by atoms with Gasteiger partial charge in [-0.25, -0.2) is 9.88 Å². The van der Waals surface area contributed by atoms with Crippen LogP contribution < -0.4 is 16.1 Å². The lowest BCUT2D eigenvalue weighted by molar-refractivity contribution is 0.121. The number of hydrogen-bond acceptors (Lipinski definition) is 3. The smallest absolute Gasteiger partial charge is 0.414 e. The summed E-state index contributed by atoms with van der Waals surface area (Å²) in [5.41, 5.74) is 9.67. The van der Waals surface area contributed by atoms with E-state index in [1.807, 2.05) is 0 Å². The van der Waals surface area contributed by atoms with Gasteiger partial charge in [0, 0.05) is 0 Å². The lowest BCUT2D eigenvalue weighted by atomic mass is 10.5. The van der Waals surface area contributed by atoms with Crippen LogP contribution in [-0.4, -0.2) is 12.2 Å². The molecule has 0 bridgehead atoms. The number of nitrogens with one attached hydrogen (secondary N) is 1. The van der Waals surface area contributed by atoms with Gasteiger partial charge in [-0.2, -0.15) is 0 Å². The molecule has 0 heterocycles. The van der Waals surface area contributed by atoms with E-state index in [1.165, 1.54) is 0 Å². The second kappa shape index (κ2) is 3.71. The van der Waals surface area contributed by atoms with Crippen molar-refractivity contribution in [3.05, 3.63) is 0 Å². The molecule has 0 radical (unpaired) electrons. The van der Waals surface area contributed by atoms with Gasteiger partial charge in [-0.05, 0) is 13.8 Å². The Morgan fingerprint density at radius 1 is 1.55 bits per heavy atom.